The van der Waals surface area contributed by atoms with Crippen molar-refractivity contribution in [1.29, 1.82) is 0 Å². The zero-order valence-corrected chi connectivity index (χ0v) is 11.3. The van der Waals surface area contributed by atoms with Crippen LogP contribution < -0.4 is 0 Å². The van der Waals surface area contributed by atoms with Gasteiger partial charge in [-0.05, 0) is 6.42 Å². The van der Waals surface area contributed by atoms with Crippen molar-refractivity contribution >= 4 is 17.8 Å². The normalized spacial score (nSPS) is 27.4. The molecule has 6 heteroatoms. The van der Waals surface area contributed by atoms with E-state index in [0.717, 1.165) is 6.42 Å². The van der Waals surface area contributed by atoms with Gasteiger partial charge in [0.05, 0.1) is 12.0 Å². The number of rotatable bonds is 3. The SMILES string of the molecule is CC(C)C(=O)N1CCC(N2CC(C(=O)O)CC2=O)C1. The molecule has 0 spiro atoms. The molecule has 0 bridgehead atoms. The highest BCUT2D eigenvalue weighted by Crippen LogP contribution is 2.25. The third-order valence-corrected chi connectivity index (χ3v) is 3.92. The molecule has 106 valence electrons. The average molecular weight is 268 g/mol. The van der Waals surface area contributed by atoms with Gasteiger partial charge in [0, 0.05) is 32.0 Å². The van der Waals surface area contributed by atoms with Gasteiger partial charge in [-0.15, -0.1) is 0 Å². The number of likely N-dealkylation sites (tertiary alicyclic amines) is 2. The molecule has 0 radical (unpaired) electrons. The Hall–Kier alpha value is -1.59. The van der Waals surface area contributed by atoms with E-state index in [1.54, 1.807) is 9.80 Å². The Balaban J connectivity index is 1.96. The predicted molar refractivity (Wildman–Crippen MR) is 67.3 cm³/mol. The molecule has 0 aliphatic carbocycles. The Morgan fingerprint density at radius 3 is 2.53 bits per heavy atom. The van der Waals surface area contributed by atoms with Crippen LogP contribution in [0.25, 0.3) is 0 Å². The van der Waals surface area contributed by atoms with Crippen LogP contribution in [-0.4, -0.2) is 58.4 Å². The maximum Gasteiger partial charge on any atom is 0.308 e. The lowest BCUT2D eigenvalue weighted by Gasteiger charge is -2.25. The molecule has 19 heavy (non-hydrogen) atoms. The Labute approximate surface area is 112 Å². The van der Waals surface area contributed by atoms with Gasteiger partial charge in [0.25, 0.3) is 0 Å². The maximum atomic E-state index is 11.9. The first kappa shape index (κ1) is 13.8. The van der Waals surface area contributed by atoms with E-state index >= 15 is 0 Å². The number of carboxylic acids is 1. The van der Waals surface area contributed by atoms with E-state index < -0.39 is 11.9 Å². The van der Waals surface area contributed by atoms with E-state index in [1.807, 2.05) is 13.8 Å². The Kier molecular flexibility index (Phi) is 3.78. The molecule has 2 unspecified atom stereocenters. The first-order chi connectivity index (χ1) is 8.90. The molecule has 2 fully saturated rings. The summed E-state index contributed by atoms with van der Waals surface area (Å²) in [5.74, 6) is -1.55. The van der Waals surface area contributed by atoms with Crippen LogP contribution in [0, 0.1) is 11.8 Å². The lowest BCUT2D eigenvalue weighted by atomic mass is 10.1. The number of carbonyl (C=O) groups excluding carboxylic acids is 2. The first-order valence-electron chi connectivity index (χ1n) is 6.71. The van der Waals surface area contributed by atoms with Crippen LogP contribution >= 0.6 is 0 Å². The molecule has 2 aliphatic heterocycles. The molecule has 0 saturated carbocycles. The molecule has 2 amide bonds. The van der Waals surface area contributed by atoms with Crippen molar-refractivity contribution in [3.63, 3.8) is 0 Å². The quantitative estimate of drug-likeness (QED) is 0.792. The van der Waals surface area contributed by atoms with Crippen molar-refractivity contribution in [3.05, 3.63) is 0 Å². The number of nitrogens with zero attached hydrogens (tertiary/aromatic N) is 2. The summed E-state index contributed by atoms with van der Waals surface area (Å²) in [6, 6.07) is -0.0143. The molecule has 0 aromatic rings. The van der Waals surface area contributed by atoms with E-state index in [0.29, 0.717) is 13.1 Å². The van der Waals surface area contributed by atoms with Crippen LogP contribution in [0.4, 0.5) is 0 Å². The Morgan fingerprint density at radius 2 is 2.00 bits per heavy atom. The second-order valence-electron chi connectivity index (χ2n) is 5.67. The number of carbonyl (C=O) groups is 3. The molecule has 2 aliphatic rings. The van der Waals surface area contributed by atoms with Gasteiger partial charge < -0.3 is 14.9 Å². The van der Waals surface area contributed by atoms with Crippen LogP contribution in [0.1, 0.15) is 26.7 Å². The Bertz CT molecular complexity index is 407. The van der Waals surface area contributed by atoms with E-state index in [9.17, 15) is 14.4 Å². The summed E-state index contributed by atoms with van der Waals surface area (Å²) in [4.78, 5) is 38.1. The van der Waals surface area contributed by atoms with Crippen molar-refractivity contribution in [3.8, 4) is 0 Å². The minimum absolute atomic E-state index is 0.0143. The van der Waals surface area contributed by atoms with Gasteiger partial charge in [0.2, 0.25) is 11.8 Å². The summed E-state index contributed by atoms with van der Waals surface area (Å²) in [6.45, 7) is 5.19. The van der Waals surface area contributed by atoms with Gasteiger partial charge in [-0.2, -0.15) is 0 Å². The molecular weight excluding hydrogens is 248 g/mol. The summed E-state index contributed by atoms with van der Waals surface area (Å²) in [7, 11) is 0. The number of hydrogen-bond acceptors (Lipinski definition) is 3. The summed E-state index contributed by atoms with van der Waals surface area (Å²) in [5.41, 5.74) is 0. The number of amides is 2. The fraction of sp³-hybridized carbons (Fsp3) is 0.769. The summed E-state index contributed by atoms with van der Waals surface area (Å²) < 4.78 is 0. The van der Waals surface area contributed by atoms with Crippen molar-refractivity contribution in [2.24, 2.45) is 11.8 Å². The number of aliphatic carboxylic acids is 1. The summed E-state index contributed by atoms with van der Waals surface area (Å²) >= 11 is 0. The van der Waals surface area contributed by atoms with Gasteiger partial charge in [0.1, 0.15) is 0 Å². The highest BCUT2D eigenvalue weighted by Gasteiger charge is 2.41. The van der Waals surface area contributed by atoms with Gasteiger partial charge in [-0.3, -0.25) is 14.4 Å². The van der Waals surface area contributed by atoms with E-state index in [1.165, 1.54) is 0 Å². The number of carboxylic acid groups (broad SMARTS) is 1. The minimum atomic E-state index is -0.913. The topological polar surface area (TPSA) is 77.9 Å². The largest absolute Gasteiger partial charge is 0.481 e. The zero-order valence-electron chi connectivity index (χ0n) is 11.3. The lowest BCUT2D eigenvalue weighted by molar-refractivity contribution is -0.141. The zero-order chi connectivity index (χ0) is 14.2. The second kappa shape index (κ2) is 5.19. The van der Waals surface area contributed by atoms with Crippen LogP contribution in [0.3, 0.4) is 0 Å². The first-order valence-corrected chi connectivity index (χ1v) is 6.71. The molecule has 2 heterocycles. The van der Waals surface area contributed by atoms with Crippen LogP contribution in [-0.2, 0) is 14.4 Å². The molecule has 1 N–H and O–H groups in total. The molecule has 2 atom stereocenters. The molecule has 0 aromatic heterocycles. The van der Waals surface area contributed by atoms with Crippen molar-refractivity contribution < 1.29 is 19.5 Å². The molecule has 2 rings (SSSR count). The van der Waals surface area contributed by atoms with E-state index in [4.69, 9.17) is 5.11 Å². The molecule has 0 aromatic carbocycles. The van der Waals surface area contributed by atoms with Gasteiger partial charge in [0.15, 0.2) is 0 Å². The number of hydrogen-bond donors (Lipinski definition) is 1. The van der Waals surface area contributed by atoms with Crippen LogP contribution in [0.2, 0.25) is 0 Å². The monoisotopic (exact) mass is 268 g/mol. The minimum Gasteiger partial charge on any atom is -0.481 e. The third kappa shape index (κ3) is 2.72. The summed E-state index contributed by atoms with van der Waals surface area (Å²) in [6.07, 6.45) is 0.834. The van der Waals surface area contributed by atoms with Crippen molar-refractivity contribution in [2.45, 2.75) is 32.7 Å². The maximum absolute atomic E-state index is 11.9. The third-order valence-electron chi connectivity index (χ3n) is 3.92. The van der Waals surface area contributed by atoms with E-state index in [-0.39, 0.29) is 36.7 Å². The fourth-order valence-corrected chi connectivity index (χ4v) is 2.81. The van der Waals surface area contributed by atoms with Gasteiger partial charge in [-0.25, -0.2) is 0 Å². The predicted octanol–water partition coefficient (Wildman–Crippen LogP) is 0.176. The van der Waals surface area contributed by atoms with Gasteiger partial charge in [-0.1, -0.05) is 13.8 Å². The van der Waals surface area contributed by atoms with Crippen LogP contribution in [0.5, 0.6) is 0 Å². The van der Waals surface area contributed by atoms with Crippen LogP contribution in [0.15, 0.2) is 0 Å². The van der Waals surface area contributed by atoms with E-state index in [2.05, 4.69) is 0 Å². The van der Waals surface area contributed by atoms with Crippen molar-refractivity contribution in [1.82, 2.24) is 9.80 Å². The second-order valence-corrected chi connectivity index (χ2v) is 5.67. The molecule has 6 nitrogen and oxygen atoms in total. The highest BCUT2D eigenvalue weighted by atomic mass is 16.4. The fourth-order valence-electron chi connectivity index (χ4n) is 2.81. The Morgan fingerprint density at radius 1 is 1.32 bits per heavy atom. The molecule has 2 saturated heterocycles. The average Bonchev–Trinajstić information content (AvgIpc) is 2.93. The highest BCUT2D eigenvalue weighted by molar-refractivity contribution is 5.86. The standard InChI is InChI=1S/C13H20N2O4/c1-8(2)12(17)14-4-3-10(7-14)15-6-9(13(18)19)5-11(15)16/h8-10H,3-7H2,1-2H3,(H,18,19). The smallest absolute Gasteiger partial charge is 0.308 e. The lowest BCUT2D eigenvalue weighted by Crippen LogP contribution is -2.40. The van der Waals surface area contributed by atoms with Gasteiger partial charge >= 0.3 is 5.97 Å². The summed E-state index contributed by atoms with van der Waals surface area (Å²) in [5, 5.41) is 8.96. The molecular formula is C13H20N2O4. The van der Waals surface area contributed by atoms with Crippen molar-refractivity contribution in [2.75, 3.05) is 19.6 Å².